The summed E-state index contributed by atoms with van der Waals surface area (Å²) in [5.74, 6) is -3.08. The van der Waals surface area contributed by atoms with E-state index in [-0.39, 0.29) is 22.0 Å². The molecule has 3 aromatic heterocycles. The number of aromatic nitrogens is 1. The number of ketones is 1. The molecular formula is C21H12N2O6S2. The van der Waals surface area contributed by atoms with Crippen molar-refractivity contribution in [3.63, 3.8) is 0 Å². The predicted octanol–water partition coefficient (Wildman–Crippen LogP) is 4.43. The molecule has 2 N–H and O–H groups in total. The number of rotatable bonds is 5. The summed E-state index contributed by atoms with van der Waals surface area (Å²) in [6, 6.07) is 10.1. The molecule has 1 aliphatic rings. The second-order valence-corrected chi connectivity index (χ2v) is 8.63. The van der Waals surface area contributed by atoms with Gasteiger partial charge in [-0.2, -0.15) is 0 Å². The fourth-order valence-electron chi connectivity index (χ4n) is 3.44. The summed E-state index contributed by atoms with van der Waals surface area (Å²) in [7, 11) is 0. The van der Waals surface area contributed by atoms with Crippen molar-refractivity contribution >= 4 is 55.7 Å². The number of Topliss-reactive ketones (excluding diaryl/α,β-unsaturated/α-hetero) is 1. The Bertz CT molecular complexity index is 1370. The summed E-state index contributed by atoms with van der Waals surface area (Å²) in [6.45, 7) is 0. The number of aliphatic hydroxyl groups is 1. The van der Waals surface area contributed by atoms with Gasteiger partial charge in [-0.1, -0.05) is 17.4 Å². The van der Waals surface area contributed by atoms with E-state index in [0.717, 1.165) is 11.3 Å². The number of thiazole rings is 1. The van der Waals surface area contributed by atoms with E-state index in [4.69, 9.17) is 4.42 Å². The van der Waals surface area contributed by atoms with Gasteiger partial charge in [-0.3, -0.25) is 14.5 Å². The molecule has 0 radical (unpaired) electrons. The van der Waals surface area contributed by atoms with E-state index < -0.39 is 29.5 Å². The zero-order valence-corrected chi connectivity index (χ0v) is 17.1. The van der Waals surface area contributed by atoms with Crippen LogP contribution in [0.4, 0.5) is 5.13 Å². The SMILES string of the molecule is O=C(O)c1ccc2nc(N3C(=O)C(O)=C(C(=O)c4ccco4)C3c3cccs3)sc2c1. The molecule has 1 unspecified atom stereocenters. The molecule has 4 aromatic rings. The maximum absolute atomic E-state index is 13.1. The Morgan fingerprint density at radius 2 is 2.00 bits per heavy atom. The van der Waals surface area contributed by atoms with Crippen molar-refractivity contribution in [2.24, 2.45) is 0 Å². The molecule has 5 rings (SSSR count). The van der Waals surface area contributed by atoms with Crippen LogP contribution in [0.5, 0.6) is 0 Å². The zero-order chi connectivity index (χ0) is 21.7. The summed E-state index contributed by atoms with van der Waals surface area (Å²) in [5.41, 5.74) is 0.515. The quantitative estimate of drug-likeness (QED) is 0.430. The number of carbonyl (C=O) groups is 3. The van der Waals surface area contributed by atoms with Crippen LogP contribution in [0.2, 0.25) is 0 Å². The second-order valence-electron chi connectivity index (χ2n) is 6.65. The molecule has 0 fully saturated rings. The van der Waals surface area contributed by atoms with Gasteiger partial charge in [-0.15, -0.1) is 11.3 Å². The summed E-state index contributed by atoms with van der Waals surface area (Å²) in [4.78, 5) is 43.8. The third-order valence-electron chi connectivity index (χ3n) is 4.84. The molecule has 0 bridgehead atoms. The molecule has 4 heterocycles. The minimum atomic E-state index is -1.07. The lowest BCUT2D eigenvalue weighted by Crippen LogP contribution is -2.30. The Kier molecular flexibility index (Phi) is 4.45. The standard InChI is InChI=1S/C21H12N2O6S2/c24-17(12-3-1-7-29-12)15-16(13-4-2-8-30-13)23(19(26)18(15)25)21-22-11-6-5-10(20(27)28)9-14(11)31-21/h1-9,16,25H,(H,27,28). The molecule has 1 atom stereocenters. The number of anilines is 1. The van der Waals surface area contributed by atoms with Gasteiger partial charge in [-0.05, 0) is 41.8 Å². The highest BCUT2D eigenvalue weighted by molar-refractivity contribution is 7.22. The number of hydrogen-bond acceptors (Lipinski definition) is 8. The van der Waals surface area contributed by atoms with Crippen LogP contribution in [0.3, 0.4) is 0 Å². The van der Waals surface area contributed by atoms with Gasteiger partial charge in [0.2, 0.25) is 5.78 Å². The largest absolute Gasteiger partial charge is 0.503 e. The summed E-state index contributed by atoms with van der Waals surface area (Å²) in [6.07, 6.45) is 1.34. The smallest absolute Gasteiger partial charge is 0.335 e. The third kappa shape index (κ3) is 3.04. The Hall–Kier alpha value is -3.76. The van der Waals surface area contributed by atoms with E-state index in [1.165, 1.54) is 40.7 Å². The van der Waals surface area contributed by atoms with Gasteiger partial charge in [-0.25, -0.2) is 9.78 Å². The number of benzene rings is 1. The van der Waals surface area contributed by atoms with Gasteiger partial charge in [0, 0.05) is 4.88 Å². The minimum Gasteiger partial charge on any atom is -0.503 e. The van der Waals surface area contributed by atoms with Gasteiger partial charge in [0.05, 0.1) is 27.6 Å². The number of aromatic carboxylic acids is 1. The van der Waals surface area contributed by atoms with E-state index in [1.807, 2.05) is 0 Å². The van der Waals surface area contributed by atoms with Crippen molar-refractivity contribution in [1.82, 2.24) is 4.98 Å². The summed E-state index contributed by atoms with van der Waals surface area (Å²) >= 11 is 2.44. The molecule has 0 aliphatic carbocycles. The third-order valence-corrected chi connectivity index (χ3v) is 6.78. The first kappa shape index (κ1) is 19.2. The topological polar surface area (TPSA) is 121 Å². The predicted molar refractivity (Wildman–Crippen MR) is 114 cm³/mol. The van der Waals surface area contributed by atoms with E-state index in [9.17, 15) is 24.6 Å². The molecule has 1 aromatic carbocycles. The van der Waals surface area contributed by atoms with E-state index >= 15 is 0 Å². The van der Waals surface area contributed by atoms with Gasteiger partial charge in [0.25, 0.3) is 5.91 Å². The van der Waals surface area contributed by atoms with Crippen molar-refractivity contribution in [3.05, 3.63) is 81.6 Å². The Balaban J connectivity index is 1.65. The van der Waals surface area contributed by atoms with Crippen LogP contribution < -0.4 is 4.90 Å². The van der Waals surface area contributed by atoms with E-state index in [0.29, 0.717) is 15.1 Å². The number of fused-ring (bicyclic) bond motifs is 1. The van der Waals surface area contributed by atoms with Crippen LogP contribution >= 0.6 is 22.7 Å². The van der Waals surface area contributed by atoms with Crippen molar-refractivity contribution in [3.8, 4) is 0 Å². The first-order valence-electron chi connectivity index (χ1n) is 8.98. The number of aliphatic hydroxyl groups excluding tert-OH is 1. The Morgan fingerprint density at radius 3 is 2.68 bits per heavy atom. The fraction of sp³-hybridized carbons (Fsp3) is 0.0476. The van der Waals surface area contributed by atoms with Crippen LogP contribution in [0.1, 0.15) is 31.8 Å². The number of carboxylic acid groups (broad SMARTS) is 1. The Morgan fingerprint density at radius 1 is 1.16 bits per heavy atom. The van der Waals surface area contributed by atoms with Crippen LogP contribution in [0.15, 0.2) is 69.9 Å². The molecule has 0 saturated heterocycles. The molecule has 1 amide bonds. The highest BCUT2D eigenvalue weighted by atomic mass is 32.1. The lowest BCUT2D eigenvalue weighted by atomic mass is 10.0. The monoisotopic (exact) mass is 452 g/mol. The van der Waals surface area contributed by atoms with Crippen molar-refractivity contribution in [2.75, 3.05) is 4.90 Å². The average Bonchev–Trinajstić information content (AvgIpc) is 3.54. The summed E-state index contributed by atoms with van der Waals surface area (Å²) in [5, 5.41) is 21.9. The number of carboxylic acids is 1. The number of thiophene rings is 1. The minimum absolute atomic E-state index is 0.00755. The highest BCUT2D eigenvalue weighted by Gasteiger charge is 2.46. The van der Waals surface area contributed by atoms with Crippen LogP contribution in [-0.4, -0.2) is 32.9 Å². The lowest BCUT2D eigenvalue weighted by molar-refractivity contribution is -0.117. The molecular weight excluding hydrogens is 440 g/mol. The zero-order valence-electron chi connectivity index (χ0n) is 15.5. The number of hydrogen-bond donors (Lipinski definition) is 2. The molecule has 0 saturated carbocycles. The van der Waals surface area contributed by atoms with Crippen molar-refractivity contribution in [2.45, 2.75) is 6.04 Å². The van der Waals surface area contributed by atoms with Crippen LogP contribution in [0, 0.1) is 0 Å². The van der Waals surface area contributed by atoms with Gasteiger partial charge in [0.1, 0.15) is 6.04 Å². The van der Waals surface area contributed by atoms with E-state index in [2.05, 4.69) is 4.98 Å². The molecule has 31 heavy (non-hydrogen) atoms. The van der Waals surface area contributed by atoms with Gasteiger partial charge >= 0.3 is 5.97 Å². The van der Waals surface area contributed by atoms with Crippen LogP contribution in [0.25, 0.3) is 10.2 Å². The molecule has 0 spiro atoms. The fourth-order valence-corrected chi connectivity index (χ4v) is 5.29. The van der Waals surface area contributed by atoms with Crippen molar-refractivity contribution in [1.29, 1.82) is 0 Å². The number of amides is 1. The molecule has 8 nitrogen and oxygen atoms in total. The summed E-state index contributed by atoms with van der Waals surface area (Å²) < 4.78 is 5.76. The normalized spacial score (nSPS) is 16.5. The van der Waals surface area contributed by atoms with E-state index in [1.54, 1.807) is 29.6 Å². The number of nitrogens with zero attached hydrogens (tertiary/aromatic N) is 2. The second kappa shape index (κ2) is 7.18. The van der Waals surface area contributed by atoms with Crippen LogP contribution in [-0.2, 0) is 4.79 Å². The molecule has 154 valence electrons. The lowest BCUT2D eigenvalue weighted by Gasteiger charge is -2.22. The first-order valence-corrected chi connectivity index (χ1v) is 10.7. The Labute approximate surface area is 182 Å². The number of carbonyl (C=O) groups excluding carboxylic acids is 2. The molecule has 10 heteroatoms. The van der Waals surface area contributed by atoms with Gasteiger partial charge < -0.3 is 14.6 Å². The van der Waals surface area contributed by atoms with Gasteiger partial charge in [0.15, 0.2) is 16.7 Å². The average molecular weight is 452 g/mol. The van der Waals surface area contributed by atoms with Crippen molar-refractivity contribution < 1.29 is 29.0 Å². The highest BCUT2D eigenvalue weighted by Crippen LogP contribution is 2.45. The maximum atomic E-state index is 13.1. The maximum Gasteiger partial charge on any atom is 0.335 e. The first-order chi connectivity index (χ1) is 15.0. The molecule has 1 aliphatic heterocycles. The number of furan rings is 1.